The Bertz CT molecular complexity index is 1090. The lowest BCUT2D eigenvalue weighted by Gasteiger charge is -2.33. The summed E-state index contributed by atoms with van der Waals surface area (Å²) in [5.41, 5.74) is 1.93. The van der Waals surface area contributed by atoms with Gasteiger partial charge in [-0.05, 0) is 42.5 Å². The predicted octanol–water partition coefficient (Wildman–Crippen LogP) is 3.98. The van der Waals surface area contributed by atoms with Gasteiger partial charge in [-0.25, -0.2) is 13.4 Å². The molecule has 0 saturated carbocycles. The number of halogens is 1. The third-order valence-corrected chi connectivity index (χ3v) is 7.85. The van der Waals surface area contributed by atoms with Crippen LogP contribution in [0.3, 0.4) is 0 Å². The van der Waals surface area contributed by atoms with Crippen molar-refractivity contribution in [1.82, 2.24) is 9.29 Å². The van der Waals surface area contributed by atoms with Gasteiger partial charge in [0.1, 0.15) is 5.75 Å². The molecule has 0 unspecified atom stereocenters. The zero-order valence-corrected chi connectivity index (χ0v) is 18.2. The van der Waals surface area contributed by atoms with Gasteiger partial charge in [0, 0.05) is 42.1 Å². The molecule has 1 aromatic heterocycles. The van der Waals surface area contributed by atoms with E-state index < -0.39 is 10.0 Å². The fourth-order valence-corrected chi connectivity index (χ4v) is 5.81. The number of nitrogens with zero attached hydrogens (tertiary/aromatic N) is 3. The Morgan fingerprint density at radius 2 is 1.79 bits per heavy atom. The summed E-state index contributed by atoms with van der Waals surface area (Å²) in [5.74, 6) is 0.807. The summed E-state index contributed by atoms with van der Waals surface area (Å²) in [4.78, 5) is 7.09. The van der Waals surface area contributed by atoms with Crippen LogP contribution in [0.5, 0.6) is 5.75 Å². The van der Waals surface area contributed by atoms with Crippen LogP contribution in [0.25, 0.3) is 11.3 Å². The van der Waals surface area contributed by atoms with Crippen molar-refractivity contribution < 1.29 is 13.2 Å². The quantitative estimate of drug-likeness (QED) is 0.589. The minimum Gasteiger partial charge on any atom is -0.497 e. The first kappa shape index (κ1) is 20.2. The molecule has 2 aromatic carbocycles. The Morgan fingerprint density at radius 1 is 1.07 bits per heavy atom. The number of thiazole rings is 1. The van der Waals surface area contributed by atoms with Gasteiger partial charge in [0.15, 0.2) is 5.13 Å². The lowest BCUT2D eigenvalue weighted by molar-refractivity contribution is 0.385. The summed E-state index contributed by atoms with van der Waals surface area (Å²) in [6.07, 6.45) is 0. The van der Waals surface area contributed by atoms with Crippen LogP contribution in [-0.2, 0) is 10.0 Å². The fourth-order valence-electron chi connectivity index (χ4n) is 3.20. The Labute approximate surface area is 179 Å². The lowest BCUT2D eigenvalue weighted by atomic mass is 10.2. The number of anilines is 1. The third-order valence-electron chi connectivity index (χ3n) is 4.82. The highest BCUT2D eigenvalue weighted by Gasteiger charge is 2.29. The number of methoxy groups -OCH3 is 1. The van der Waals surface area contributed by atoms with Gasteiger partial charge < -0.3 is 9.64 Å². The van der Waals surface area contributed by atoms with Crippen LogP contribution in [0.1, 0.15) is 0 Å². The van der Waals surface area contributed by atoms with Gasteiger partial charge in [0.05, 0.1) is 17.7 Å². The molecular weight excluding hydrogens is 430 g/mol. The van der Waals surface area contributed by atoms with E-state index in [1.54, 1.807) is 36.6 Å². The third kappa shape index (κ3) is 4.25. The zero-order chi connectivity index (χ0) is 20.4. The van der Waals surface area contributed by atoms with E-state index in [-0.39, 0.29) is 4.90 Å². The number of rotatable bonds is 5. The van der Waals surface area contributed by atoms with Gasteiger partial charge in [-0.1, -0.05) is 17.7 Å². The van der Waals surface area contributed by atoms with E-state index >= 15 is 0 Å². The van der Waals surface area contributed by atoms with Crippen molar-refractivity contribution >= 4 is 38.1 Å². The van der Waals surface area contributed by atoms with Gasteiger partial charge >= 0.3 is 0 Å². The van der Waals surface area contributed by atoms with E-state index in [1.165, 1.54) is 10.4 Å². The molecule has 9 heteroatoms. The molecule has 29 heavy (non-hydrogen) atoms. The Kier molecular flexibility index (Phi) is 5.78. The highest BCUT2D eigenvalue weighted by atomic mass is 35.5. The summed E-state index contributed by atoms with van der Waals surface area (Å²) in [6, 6.07) is 14.2. The van der Waals surface area contributed by atoms with E-state index in [0.717, 1.165) is 22.1 Å². The molecule has 0 radical (unpaired) electrons. The summed E-state index contributed by atoms with van der Waals surface area (Å²) >= 11 is 7.52. The number of benzene rings is 2. The monoisotopic (exact) mass is 449 g/mol. The van der Waals surface area contributed by atoms with Crippen molar-refractivity contribution in [3.05, 3.63) is 58.9 Å². The van der Waals surface area contributed by atoms with Crippen molar-refractivity contribution in [2.75, 3.05) is 38.2 Å². The van der Waals surface area contributed by atoms with Crippen LogP contribution >= 0.6 is 22.9 Å². The summed E-state index contributed by atoms with van der Waals surface area (Å²) in [7, 11) is -1.90. The van der Waals surface area contributed by atoms with Crippen molar-refractivity contribution in [2.45, 2.75) is 4.90 Å². The van der Waals surface area contributed by atoms with Crippen LogP contribution in [0.15, 0.2) is 58.8 Å². The summed E-state index contributed by atoms with van der Waals surface area (Å²) in [6.45, 7) is 2.00. The summed E-state index contributed by atoms with van der Waals surface area (Å²) < 4.78 is 32.4. The van der Waals surface area contributed by atoms with Gasteiger partial charge in [-0.2, -0.15) is 4.31 Å². The lowest BCUT2D eigenvalue weighted by Crippen LogP contribution is -2.48. The molecule has 6 nitrogen and oxygen atoms in total. The second kappa shape index (κ2) is 8.31. The molecule has 4 rings (SSSR count). The van der Waals surface area contributed by atoms with Crippen molar-refractivity contribution in [2.24, 2.45) is 0 Å². The molecule has 1 saturated heterocycles. The second-order valence-electron chi connectivity index (χ2n) is 6.59. The zero-order valence-electron chi connectivity index (χ0n) is 15.8. The number of hydrogen-bond acceptors (Lipinski definition) is 6. The SMILES string of the molecule is COc1ccc(-c2csc(N3CCN(S(=O)(=O)c4cccc(Cl)c4)CC3)n2)cc1. The summed E-state index contributed by atoms with van der Waals surface area (Å²) in [5, 5.41) is 3.33. The van der Waals surface area contributed by atoms with Crippen LogP contribution in [-0.4, -0.2) is 51.0 Å². The standard InChI is InChI=1S/C20H20ClN3O3S2/c1-27-17-7-5-15(6-8-17)19-14-28-20(22-19)23-9-11-24(12-10-23)29(25,26)18-4-2-3-16(21)13-18/h2-8,13-14H,9-12H2,1H3. The number of hydrogen-bond donors (Lipinski definition) is 0. The van der Waals surface area contributed by atoms with Crippen LogP contribution < -0.4 is 9.64 Å². The molecule has 0 spiro atoms. The first-order valence-electron chi connectivity index (χ1n) is 9.08. The van der Waals surface area contributed by atoms with Crippen LogP contribution in [0, 0.1) is 0 Å². The van der Waals surface area contributed by atoms with E-state index in [2.05, 4.69) is 4.90 Å². The second-order valence-corrected chi connectivity index (χ2v) is 9.80. The van der Waals surface area contributed by atoms with E-state index in [0.29, 0.717) is 31.2 Å². The molecule has 1 aliphatic heterocycles. The largest absolute Gasteiger partial charge is 0.497 e. The number of sulfonamides is 1. The molecule has 0 amide bonds. The van der Waals surface area contributed by atoms with Crippen molar-refractivity contribution in [3.8, 4) is 17.0 Å². The van der Waals surface area contributed by atoms with Crippen molar-refractivity contribution in [3.63, 3.8) is 0 Å². The maximum Gasteiger partial charge on any atom is 0.243 e. The molecule has 0 N–H and O–H groups in total. The van der Waals surface area contributed by atoms with Crippen LogP contribution in [0.2, 0.25) is 5.02 Å². The van der Waals surface area contributed by atoms with Crippen molar-refractivity contribution in [1.29, 1.82) is 0 Å². The van der Waals surface area contributed by atoms with Gasteiger partial charge in [0.25, 0.3) is 0 Å². The molecule has 0 atom stereocenters. The highest BCUT2D eigenvalue weighted by Crippen LogP contribution is 2.30. The minimum atomic E-state index is -3.54. The Hall–Kier alpha value is -2.13. The molecule has 2 heterocycles. The average Bonchev–Trinajstić information content (AvgIpc) is 3.24. The maximum absolute atomic E-state index is 12.8. The van der Waals surface area contributed by atoms with E-state index in [4.69, 9.17) is 21.3 Å². The molecule has 3 aromatic rings. The maximum atomic E-state index is 12.8. The molecule has 0 aliphatic carbocycles. The van der Waals surface area contributed by atoms with Crippen LogP contribution in [0.4, 0.5) is 5.13 Å². The highest BCUT2D eigenvalue weighted by molar-refractivity contribution is 7.89. The fraction of sp³-hybridized carbons (Fsp3) is 0.250. The smallest absolute Gasteiger partial charge is 0.243 e. The first-order chi connectivity index (χ1) is 14.0. The number of piperazine rings is 1. The first-order valence-corrected chi connectivity index (χ1v) is 11.8. The van der Waals surface area contributed by atoms with E-state index in [9.17, 15) is 8.42 Å². The minimum absolute atomic E-state index is 0.231. The van der Waals surface area contributed by atoms with E-state index in [1.807, 2.05) is 29.6 Å². The molecule has 1 fully saturated rings. The van der Waals surface area contributed by atoms with Gasteiger partial charge in [-0.15, -0.1) is 11.3 Å². The molecular formula is C20H20ClN3O3S2. The van der Waals surface area contributed by atoms with Gasteiger partial charge in [0.2, 0.25) is 10.0 Å². The number of aromatic nitrogens is 1. The molecule has 152 valence electrons. The molecule has 0 bridgehead atoms. The topological polar surface area (TPSA) is 62.7 Å². The number of ether oxygens (including phenoxy) is 1. The Balaban J connectivity index is 1.44. The van der Waals surface area contributed by atoms with Gasteiger partial charge in [-0.3, -0.25) is 0 Å². The molecule has 1 aliphatic rings. The average molecular weight is 450 g/mol. The Morgan fingerprint density at radius 3 is 2.45 bits per heavy atom. The normalized spacial score (nSPS) is 15.4. The predicted molar refractivity (Wildman–Crippen MR) is 117 cm³/mol.